The maximum Gasteiger partial charge on any atom is 0.352 e. The Kier molecular flexibility index (Phi) is 3.58. The zero-order valence-corrected chi connectivity index (χ0v) is 14.3. The van der Waals surface area contributed by atoms with Crippen LogP contribution in [0.4, 0.5) is 0 Å². The van der Waals surface area contributed by atoms with E-state index >= 15 is 0 Å². The van der Waals surface area contributed by atoms with E-state index in [1.165, 1.54) is 24.3 Å². The Bertz CT molecular complexity index is 1190. The topological polar surface area (TPSA) is 120 Å². The van der Waals surface area contributed by atoms with Crippen molar-refractivity contribution in [1.82, 2.24) is 9.97 Å². The van der Waals surface area contributed by atoms with Crippen molar-refractivity contribution < 1.29 is 18.3 Å². The number of pyridine rings is 1. The highest BCUT2D eigenvalue weighted by atomic mass is 32.2. The first-order valence-corrected chi connectivity index (χ1v) is 9.38. The molecule has 3 aromatic rings. The van der Waals surface area contributed by atoms with Crippen LogP contribution in [0.1, 0.15) is 21.6 Å². The number of aryl methyl sites for hydroxylation is 2. The minimum absolute atomic E-state index is 0.0321. The molecule has 0 bridgehead atoms. The van der Waals surface area contributed by atoms with E-state index in [4.69, 9.17) is 5.11 Å². The number of benzene rings is 1. The van der Waals surface area contributed by atoms with E-state index in [-0.39, 0.29) is 15.5 Å². The van der Waals surface area contributed by atoms with Crippen molar-refractivity contribution in [2.75, 3.05) is 0 Å². The number of carboxylic acid groups (broad SMARTS) is 1. The van der Waals surface area contributed by atoms with Crippen LogP contribution in [0.2, 0.25) is 0 Å². The second kappa shape index (κ2) is 5.70. The van der Waals surface area contributed by atoms with Crippen molar-refractivity contribution in [3.05, 3.63) is 69.6 Å². The number of nitrogens with one attached hydrogen (secondary N) is 2. The van der Waals surface area contributed by atoms with Crippen LogP contribution in [0.15, 0.2) is 57.1 Å². The molecule has 8 heteroatoms. The molecule has 2 aromatic heterocycles. The van der Waals surface area contributed by atoms with Crippen molar-refractivity contribution in [2.24, 2.45) is 0 Å². The Morgan fingerprint density at radius 1 is 0.962 bits per heavy atom. The molecule has 7 nitrogen and oxygen atoms in total. The highest BCUT2D eigenvalue weighted by molar-refractivity contribution is 7.91. The first-order chi connectivity index (χ1) is 12.4. The van der Waals surface area contributed by atoms with Gasteiger partial charge in [-0.15, -0.1) is 0 Å². The lowest BCUT2D eigenvalue weighted by atomic mass is 9.94. The van der Waals surface area contributed by atoms with Crippen LogP contribution in [0.3, 0.4) is 0 Å². The molecule has 1 aromatic carbocycles. The molecule has 0 atom stereocenters. The minimum Gasteiger partial charge on any atom is -0.477 e. The summed E-state index contributed by atoms with van der Waals surface area (Å²) in [5.41, 5.74) is 1.70. The van der Waals surface area contributed by atoms with Crippen molar-refractivity contribution in [3.63, 3.8) is 0 Å². The molecular weight excluding hydrogens is 356 g/mol. The summed E-state index contributed by atoms with van der Waals surface area (Å²) in [5.74, 6) is -1.09. The molecule has 4 rings (SSSR count). The van der Waals surface area contributed by atoms with E-state index in [1.54, 1.807) is 18.2 Å². The monoisotopic (exact) mass is 370 g/mol. The lowest BCUT2D eigenvalue weighted by Crippen LogP contribution is -2.21. The Balaban J connectivity index is 1.88. The summed E-state index contributed by atoms with van der Waals surface area (Å²) in [7, 11) is -3.94. The molecule has 2 heterocycles. The Morgan fingerprint density at radius 2 is 1.58 bits per heavy atom. The molecule has 0 fully saturated rings. The van der Waals surface area contributed by atoms with Crippen molar-refractivity contribution >= 4 is 15.8 Å². The normalized spacial score (nSPS) is 13.1. The van der Waals surface area contributed by atoms with Gasteiger partial charge in [-0.25, -0.2) is 13.2 Å². The molecule has 0 spiro atoms. The number of hydrogen-bond donors (Lipinski definition) is 3. The third kappa shape index (κ3) is 2.46. The first-order valence-electron chi connectivity index (χ1n) is 7.90. The summed E-state index contributed by atoms with van der Waals surface area (Å²) in [4.78, 5) is 28.8. The molecule has 0 aliphatic heterocycles. The molecule has 0 amide bonds. The zero-order valence-electron chi connectivity index (χ0n) is 13.4. The molecule has 3 N–H and O–H groups in total. The lowest BCUT2D eigenvalue weighted by molar-refractivity contribution is 0.0691. The number of carboxylic acids is 1. The summed E-state index contributed by atoms with van der Waals surface area (Å²) in [6, 6.07) is 10.7. The Hall–Kier alpha value is -3.13. The van der Waals surface area contributed by atoms with Gasteiger partial charge in [0.1, 0.15) is 10.6 Å². The van der Waals surface area contributed by atoms with Gasteiger partial charge < -0.3 is 15.1 Å². The second-order valence-electron chi connectivity index (χ2n) is 6.07. The SMILES string of the molecule is O=C(O)c1cc2c([nH]1)-c1[nH]c(=O)c(S(=O)(=O)c3ccccc3)cc1CC2. The number of hydrogen-bond acceptors (Lipinski definition) is 4. The number of aromatic carboxylic acids is 1. The van der Waals surface area contributed by atoms with Crippen molar-refractivity contribution in [1.29, 1.82) is 0 Å². The fourth-order valence-corrected chi connectivity index (χ4v) is 4.56. The molecule has 0 saturated carbocycles. The fourth-order valence-electron chi connectivity index (χ4n) is 3.20. The zero-order chi connectivity index (χ0) is 18.5. The van der Waals surface area contributed by atoms with Crippen LogP contribution in [-0.4, -0.2) is 29.5 Å². The van der Waals surface area contributed by atoms with Crippen LogP contribution in [0.25, 0.3) is 11.4 Å². The third-order valence-corrected chi connectivity index (χ3v) is 6.25. The van der Waals surface area contributed by atoms with Crippen LogP contribution >= 0.6 is 0 Å². The number of aromatic amines is 2. The van der Waals surface area contributed by atoms with E-state index in [2.05, 4.69) is 9.97 Å². The van der Waals surface area contributed by atoms with Gasteiger partial charge >= 0.3 is 5.97 Å². The smallest absolute Gasteiger partial charge is 0.352 e. The molecular formula is C18H14N2O5S. The van der Waals surface area contributed by atoms with Crippen LogP contribution in [-0.2, 0) is 22.7 Å². The van der Waals surface area contributed by atoms with E-state index in [0.717, 1.165) is 5.56 Å². The van der Waals surface area contributed by atoms with E-state index in [0.29, 0.717) is 29.8 Å². The van der Waals surface area contributed by atoms with Crippen LogP contribution in [0.5, 0.6) is 0 Å². The second-order valence-corrected chi connectivity index (χ2v) is 7.99. The predicted molar refractivity (Wildman–Crippen MR) is 93.1 cm³/mol. The van der Waals surface area contributed by atoms with Crippen molar-refractivity contribution in [2.45, 2.75) is 22.6 Å². The highest BCUT2D eigenvalue weighted by Gasteiger charge is 2.27. The summed E-state index contributed by atoms with van der Waals surface area (Å²) >= 11 is 0. The summed E-state index contributed by atoms with van der Waals surface area (Å²) in [6.45, 7) is 0. The summed E-state index contributed by atoms with van der Waals surface area (Å²) < 4.78 is 25.5. The summed E-state index contributed by atoms with van der Waals surface area (Å²) in [6.07, 6.45) is 1.07. The number of H-pyrrole nitrogens is 2. The molecule has 26 heavy (non-hydrogen) atoms. The van der Waals surface area contributed by atoms with Gasteiger partial charge in [0.25, 0.3) is 5.56 Å². The largest absolute Gasteiger partial charge is 0.477 e. The van der Waals surface area contributed by atoms with Gasteiger partial charge in [-0.3, -0.25) is 4.79 Å². The van der Waals surface area contributed by atoms with Crippen LogP contribution in [0, 0.1) is 0 Å². The summed E-state index contributed by atoms with van der Waals surface area (Å²) in [5, 5.41) is 9.13. The van der Waals surface area contributed by atoms with Crippen molar-refractivity contribution in [3.8, 4) is 11.4 Å². The Labute approximate surface area is 148 Å². The lowest BCUT2D eigenvalue weighted by Gasteiger charge is -2.17. The number of carbonyl (C=O) groups is 1. The predicted octanol–water partition coefficient (Wildman–Crippen LogP) is 2.00. The average Bonchev–Trinajstić information content (AvgIpc) is 3.07. The molecule has 1 aliphatic carbocycles. The van der Waals surface area contributed by atoms with E-state index in [9.17, 15) is 18.0 Å². The van der Waals surface area contributed by atoms with Gasteiger partial charge in [-0.2, -0.15) is 0 Å². The molecule has 132 valence electrons. The Morgan fingerprint density at radius 3 is 2.23 bits per heavy atom. The number of rotatable bonds is 3. The van der Waals surface area contributed by atoms with Gasteiger partial charge in [0.15, 0.2) is 0 Å². The van der Waals surface area contributed by atoms with E-state index in [1.807, 2.05) is 0 Å². The van der Waals surface area contributed by atoms with Gasteiger partial charge in [-0.05, 0) is 48.2 Å². The van der Waals surface area contributed by atoms with Crippen LogP contribution < -0.4 is 5.56 Å². The van der Waals surface area contributed by atoms with Gasteiger partial charge in [0.05, 0.1) is 16.3 Å². The maximum atomic E-state index is 12.8. The molecule has 1 aliphatic rings. The minimum atomic E-state index is -3.94. The fraction of sp³-hybridized carbons (Fsp3) is 0.111. The maximum absolute atomic E-state index is 12.8. The van der Waals surface area contributed by atoms with Gasteiger partial charge in [0.2, 0.25) is 9.84 Å². The standard InChI is InChI=1S/C18H14N2O5S/c21-17-14(26(24,25)12-4-2-1-3-5-12)9-11-7-6-10-8-13(18(22)23)19-15(10)16(11)20-17/h1-5,8-9,19H,6-7H2,(H,20,21)(H,22,23). The van der Waals surface area contributed by atoms with Gasteiger partial charge in [0, 0.05) is 0 Å². The van der Waals surface area contributed by atoms with E-state index < -0.39 is 21.4 Å². The quantitative estimate of drug-likeness (QED) is 0.651. The molecule has 0 radical (unpaired) electrons. The third-order valence-electron chi connectivity index (χ3n) is 4.48. The average molecular weight is 370 g/mol. The highest BCUT2D eigenvalue weighted by Crippen LogP contribution is 2.32. The molecule has 0 saturated heterocycles. The number of sulfone groups is 1. The first kappa shape index (κ1) is 16.3. The number of aromatic nitrogens is 2. The number of fused-ring (bicyclic) bond motifs is 3. The van der Waals surface area contributed by atoms with Gasteiger partial charge in [-0.1, -0.05) is 18.2 Å². The molecule has 0 unspecified atom stereocenters.